The maximum absolute atomic E-state index is 12.4. The third-order valence-corrected chi connectivity index (χ3v) is 5.29. The van der Waals surface area contributed by atoms with Crippen molar-refractivity contribution in [3.63, 3.8) is 0 Å². The lowest BCUT2D eigenvalue weighted by Crippen LogP contribution is -2.42. The minimum atomic E-state index is -0.935. The molecule has 2 aromatic rings. The van der Waals surface area contributed by atoms with Crippen LogP contribution in [0.5, 0.6) is 5.75 Å². The molecular formula is C17H20N4O5. The summed E-state index contributed by atoms with van der Waals surface area (Å²) < 4.78 is 1.24. The van der Waals surface area contributed by atoms with Gasteiger partial charge in [0, 0.05) is 11.6 Å². The lowest BCUT2D eigenvalue weighted by atomic mass is 9.68. The van der Waals surface area contributed by atoms with Crippen molar-refractivity contribution < 1.29 is 19.5 Å². The van der Waals surface area contributed by atoms with Crippen LogP contribution >= 0.6 is 0 Å². The Morgan fingerprint density at radius 2 is 1.88 bits per heavy atom. The van der Waals surface area contributed by atoms with Crippen LogP contribution in [0.4, 0.5) is 4.79 Å². The van der Waals surface area contributed by atoms with Gasteiger partial charge in [0.25, 0.3) is 5.09 Å². The van der Waals surface area contributed by atoms with Crippen molar-refractivity contribution in [1.82, 2.24) is 4.57 Å². The van der Waals surface area contributed by atoms with Crippen LogP contribution in [0.3, 0.4) is 0 Å². The highest BCUT2D eigenvalue weighted by Gasteiger charge is 2.42. The number of aromatic nitrogens is 1. The van der Waals surface area contributed by atoms with E-state index in [9.17, 15) is 19.7 Å². The Morgan fingerprint density at radius 1 is 1.23 bits per heavy atom. The third-order valence-electron chi connectivity index (χ3n) is 5.29. The second kappa shape index (κ2) is 6.32. The van der Waals surface area contributed by atoms with Gasteiger partial charge >= 0.3 is 6.03 Å². The van der Waals surface area contributed by atoms with Gasteiger partial charge in [0.1, 0.15) is 5.75 Å². The maximum Gasteiger partial charge on any atom is 0.323 e. The molecule has 1 heterocycles. The van der Waals surface area contributed by atoms with Crippen LogP contribution in [-0.4, -0.2) is 21.6 Å². The molecule has 2 amide bonds. The van der Waals surface area contributed by atoms with E-state index < -0.39 is 22.4 Å². The van der Waals surface area contributed by atoms with Crippen molar-refractivity contribution in [2.75, 3.05) is 0 Å². The maximum atomic E-state index is 12.4. The first-order valence-corrected chi connectivity index (χ1v) is 8.35. The Kier molecular flexibility index (Phi) is 4.31. The molecule has 1 aromatic carbocycles. The molecule has 0 spiro atoms. The molecule has 9 heteroatoms. The van der Waals surface area contributed by atoms with Crippen molar-refractivity contribution in [3.8, 4) is 5.75 Å². The van der Waals surface area contributed by atoms with Crippen LogP contribution in [0.15, 0.2) is 18.3 Å². The number of amides is 2. The Balaban J connectivity index is 2.34. The van der Waals surface area contributed by atoms with Crippen LogP contribution < -0.4 is 16.3 Å². The van der Waals surface area contributed by atoms with Crippen molar-refractivity contribution in [2.45, 2.75) is 44.4 Å². The van der Waals surface area contributed by atoms with Gasteiger partial charge in [0.15, 0.2) is 0 Å². The average Bonchev–Trinajstić information content (AvgIpc) is 2.98. The summed E-state index contributed by atoms with van der Waals surface area (Å²) in [5.41, 5.74) is 11.8. The van der Waals surface area contributed by atoms with E-state index in [1.807, 2.05) is 0 Å². The summed E-state index contributed by atoms with van der Waals surface area (Å²) in [6, 6.07) is 2.22. The second-order valence-corrected chi connectivity index (χ2v) is 6.66. The molecule has 1 saturated carbocycles. The number of fused-ring (bicyclic) bond motifs is 1. The fourth-order valence-electron chi connectivity index (χ4n) is 4.01. The smallest absolute Gasteiger partial charge is 0.323 e. The number of nitrogens with zero attached hydrogens (tertiary/aromatic N) is 2. The number of benzene rings is 1. The molecule has 3 rings (SSSR count). The summed E-state index contributed by atoms with van der Waals surface area (Å²) in [5.74, 6) is -0.429. The molecule has 1 aliphatic carbocycles. The quantitative estimate of drug-likeness (QED) is 0.634. The first-order valence-electron chi connectivity index (χ1n) is 8.35. The number of aryl methyl sites for hydroxylation is 1. The molecule has 1 fully saturated rings. The second-order valence-electron chi connectivity index (χ2n) is 6.66. The fourth-order valence-corrected chi connectivity index (χ4v) is 4.01. The van der Waals surface area contributed by atoms with Gasteiger partial charge in [-0.2, -0.15) is 0 Å². The van der Waals surface area contributed by atoms with E-state index in [2.05, 4.69) is 4.84 Å². The van der Waals surface area contributed by atoms with Crippen molar-refractivity contribution >= 4 is 22.8 Å². The number of carbonyl (C=O) groups excluding carboxylic acids is 2. The highest BCUT2D eigenvalue weighted by atomic mass is 17.0. The molecule has 0 unspecified atom stereocenters. The summed E-state index contributed by atoms with van der Waals surface area (Å²) in [7, 11) is 0. The van der Waals surface area contributed by atoms with Crippen LogP contribution in [0.1, 0.15) is 43.2 Å². The molecule has 138 valence electrons. The highest BCUT2D eigenvalue weighted by molar-refractivity contribution is 6.01. The van der Waals surface area contributed by atoms with Crippen LogP contribution in [0.25, 0.3) is 10.9 Å². The van der Waals surface area contributed by atoms with E-state index in [-0.39, 0.29) is 5.75 Å². The van der Waals surface area contributed by atoms with Gasteiger partial charge in [0.05, 0.1) is 10.9 Å². The molecule has 0 bridgehead atoms. The Labute approximate surface area is 149 Å². The molecule has 0 radical (unpaired) electrons. The summed E-state index contributed by atoms with van der Waals surface area (Å²) >= 11 is 0. The van der Waals surface area contributed by atoms with Gasteiger partial charge in [-0.1, -0.05) is 19.3 Å². The van der Waals surface area contributed by atoms with Gasteiger partial charge in [0.2, 0.25) is 5.91 Å². The zero-order valence-corrected chi connectivity index (χ0v) is 14.4. The van der Waals surface area contributed by atoms with E-state index >= 15 is 0 Å². The molecule has 0 aliphatic heterocycles. The molecule has 1 aromatic heterocycles. The van der Waals surface area contributed by atoms with E-state index in [4.69, 9.17) is 11.5 Å². The minimum Gasteiger partial charge on any atom is -0.369 e. The molecule has 0 saturated heterocycles. The van der Waals surface area contributed by atoms with Gasteiger partial charge in [-0.05, 0) is 43.0 Å². The first kappa shape index (κ1) is 17.7. The lowest BCUT2D eigenvalue weighted by molar-refractivity contribution is -0.711. The SMILES string of the molecule is Cc1c(O[N+](=O)[O-])ccc2c1c(C1(C(N)=O)CCCCC1)cn2C(N)=O. The van der Waals surface area contributed by atoms with Gasteiger partial charge in [-0.3, -0.25) is 14.2 Å². The molecule has 0 atom stereocenters. The van der Waals surface area contributed by atoms with Crippen molar-refractivity contribution in [2.24, 2.45) is 11.5 Å². The number of hydrogen-bond acceptors (Lipinski definition) is 5. The predicted octanol–water partition coefficient (Wildman–Crippen LogP) is 2.13. The van der Waals surface area contributed by atoms with Gasteiger partial charge < -0.3 is 11.5 Å². The average molecular weight is 360 g/mol. The van der Waals surface area contributed by atoms with E-state index in [1.54, 1.807) is 6.92 Å². The van der Waals surface area contributed by atoms with Gasteiger partial charge in [-0.15, -0.1) is 10.1 Å². The normalized spacial score (nSPS) is 16.3. The highest BCUT2D eigenvalue weighted by Crippen LogP contribution is 2.45. The Hall–Kier alpha value is -3.10. The third kappa shape index (κ3) is 2.65. The molecular weight excluding hydrogens is 340 g/mol. The number of nitrogens with two attached hydrogens (primary N) is 2. The summed E-state index contributed by atoms with van der Waals surface area (Å²) in [6.07, 6.45) is 5.30. The standard InChI is InChI=1S/C17H20N4O5/c1-10-13(26-21(24)25)6-5-12-14(10)11(9-20(12)16(19)23)17(15(18)22)7-3-2-4-8-17/h5-6,9H,2-4,7-8H2,1H3,(H2,18,22)(H2,19,23). The van der Waals surface area contributed by atoms with Crippen molar-refractivity contribution in [1.29, 1.82) is 0 Å². The summed E-state index contributed by atoms with van der Waals surface area (Å²) in [4.78, 5) is 39.7. The number of hydrogen-bond donors (Lipinski definition) is 2. The van der Waals surface area contributed by atoms with E-state index in [0.29, 0.717) is 34.9 Å². The number of carbonyl (C=O) groups is 2. The monoisotopic (exact) mass is 360 g/mol. The lowest BCUT2D eigenvalue weighted by Gasteiger charge is -2.34. The summed E-state index contributed by atoms with van der Waals surface area (Å²) in [6.45, 7) is 1.65. The predicted molar refractivity (Wildman–Crippen MR) is 93.2 cm³/mol. The fraction of sp³-hybridized carbons (Fsp3) is 0.412. The van der Waals surface area contributed by atoms with Crippen molar-refractivity contribution in [3.05, 3.63) is 39.6 Å². The van der Waals surface area contributed by atoms with Crippen LogP contribution in [0, 0.1) is 17.0 Å². The zero-order chi connectivity index (χ0) is 19.1. The Bertz CT molecular complexity index is 912. The van der Waals surface area contributed by atoms with Crippen LogP contribution in [0.2, 0.25) is 0 Å². The number of primary amides is 2. The first-order chi connectivity index (χ1) is 12.3. The number of rotatable bonds is 4. The molecule has 1 aliphatic rings. The molecule has 26 heavy (non-hydrogen) atoms. The van der Waals surface area contributed by atoms with Crippen LogP contribution in [-0.2, 0) is 10.2 Å². The molecule has 4 N–H and O–H groups in total. The van der Waals surface area contributed by atoms with E-state index in [0.717, 1.165) is 19.3 Å². The minimum absolute atomic E-state index is 0.0430. The largest absolute Gasteiger partial charge is 0.369 e. The Morgan fingerprint density at radius 3 is 2.42 bits per heavy atom. The molecule has 9 nitrogen and oxygen atoms in total. The zero-order valence-electron chi connectivity index (χ0n) is 14.4. The van der Waals surface area contributed by atoms with Gasteiger partial charge in [-0.25, -0.2) is 4.79 Å². The topological polar surface area (TPSA) is 143 Å². The summed E-state index contributed by atoms with van der Waals surface area (Å²) in [5, 5.41) is 10.4. The van der Waals surface area contributed by atoms with E-state index in [1.165, 1.54) is 22.9 Å².